The van der Waals surface area contributed by atoms with Crippen LogP contribution in [0.3, 0.4) is 0 Å². The number of aromatic nitrogens is 2. The van der Waals surface area contributed by atoms with Crippen molar-refractivity contribution in [3.05, 3.63) is 54.1 Å². The summed E-state index contributed by atoms with van der Waals surface area (Å²) in [5.74, 6) is -0.924. The minimum atomic E-state index is -3.77. The molecule has 3 aromatic rings. The van der Waals surface area contributed by atoms with Gasteiger partial charge in [0.25, 0.3) is 0 Å². The zero-order chi connectivity index (χ0) is 20.5. The number of anilines is 2. The van der Waals surface area contributed by atoms with Gasteiger partial charge < -0.3 is 9.67 Å². The number of fused-ring (bicyclic) bond motifs is 1. The van der Waals surface area contributed by atoms with Gasteiger partial charge in [-0.1, -0.05) is 13.0 Å². The maximum absolute atomic E-state index is 13.3. The van der Waals surface area contributed by atoms with Crippen molar-refractivity contribution in [3.63, 3.8) is 0 Å². The van der Waals surface area contributed by atoms with Crippen LogP contribution in [0.25, 0.3) is 11.0 Å². The van der Waals surface area contributed by atoms with Crippen molar-refractivity contribution in [2.24, 2.45) is 0 Å². The van der Waals surface area contributed by atoms with Crippen LogP contribution in [0, 0.1) is 5.82 Å². The van der Waals surface area contributed by atoms with Crippen LogP contribution in [0.5, 0.6) is 0 Å². The predicted molar refractivity (Wildman–Crippen MR) is 105 cm³/mol. The number of halogens is 1. The van der Waals surface area contributed by atoms with Crippen LogP contribution in [0.2, 0.25) is 0 Å². The Balaban J connectivity index is 2.28. The topological polar surface area (TPSA) is 92.5 Å². The van der Waals surface area contributed by atoms with E-state index in [0.29, 0.717) is 23.3 Å². The van der Waals surface area contributed by atoms with Gasteiger partial charge in [-0.25, -0.2) is 22.1 Å². The molecule has 0 atom stereocenters. The molecule has 28 heavy (non-hydrogen) atoms. The Kier molecular flexibility index (Phi) is 5.37. The molecule has 0 aliphatic heterocycles. The lowest BCUT2D eigenvalue weighted by Crippen LogP contribution is -2.25. The SMILES string of the molecule is CCCc1nc2c(N(c3ccc(F)cc3)S(C)(=O)=O)cccc2n1CC(=O)O. The number of aryl methyl sites for hydroxylation is 1. The second-order valence-electron chi connectivity index (χ2n) is 6.41. The number of nitrogens with zero attached hydrogens (tertiary/aromatic N) is 3. The molecule has 2 aromatic carbocycles. The van der Waals surface area contributed by atoms with Crippen LogP contribution in [-0.4, -0.2) is 35.3 Å². The zero-order valence-electron chi connectivity index (χ0n) is 15.5. The molecular formula is C19H20FN3O4S. The molecule has 0 unspecified atom stereocenters. The number of carbonyl (C=O) groups is 1. The Hall–Kier alpha value is -2.94. The van der Waals surface area contributed by atoms with Crippen molar-refractivity contribution >= 4 is 38.4 Å². The quantitative estimate of drug-likeness (QED) is 0.651. The number of para-hydroxylation sites is 1. The molecule has 0 aliphatic rings. The second-order valence-corrected chi connectivity index (χ2v) is 8.24. The number of carboxylic acid groups (broad SMARTS) is 1. The van der Waals surface area contributed by atoms with E-state index in [9.17, 15) is 22.7 Å². The maximum atomic E-state index is 13.3. The molecule has 148 valence electrons. The van der Waals surface area contributed by atoms with Crippen LogP contribution in [0.4, 0.5) is 15.8 Å². The predicted octanol–water partition coefficient (Wildman–Crippen LogP) is 3.31. The lowest BCUT2D eigenvalue weighted by atomic mass is 10.2. The van der Waals surface area contributed by atoms with Crippen LogP contribution in [0.15, 0.2) is 42.5 Å². The highest BCUT2D eigenvalue weighted by Gasteiger charge is 2.25. The Labute approximate surface area is 162 Å². The smallest absolute Gasteiger partial charge is 0.323 e. The van der Waals surface area contributed by atoms with Gasteiger partial charge in [0.1, 0.15) is 23.7 Å². The van der Waals surface area contributed by atoms with E-state index in [2.05, 4.69) is 4.98 Å². The molecule has 0 bridgehead atoms. The molecule has 0 fully saturated rings. The molecule has 7 nitrogen and oxygen atoms in total. The average Bonchev–Trinajstić information content (AvgIpc) is 2.94. The fraction of sp³-hybridized carbons (Fsp3) is 0.263. The molecule has 1 heterocycles. The van der Waals surface area contributed by atoms with Gasteiger partial charge >= 0.3 is 5.97 Å². The van der Waals surface area contributed by atoms with Gasteiger partial charge in [0, 0.05) is 6.42 Å². The highest BCUT2D eigenvalue weighted by Crippen LogP contribution is 2.34. The monoisotopic (exact) mass is 405 g/mol. The van der Waals surface area contributed by atoms with E-state index in [1.54, 1.807) is 22.8 Å². The molecular weight excluding hydrogens is 385 g/mol. The number of carboxylic acids is 1. The summed E-state index contributed by atoms with van der Waals surface area (Å²) in [4.78, 5) is 15.9. The third-order valence-corrected chi connectivity index (χ3v) is 5.29. The van der Waals surface area contributed by atoms with E-state index >= 15 is 0 Å². The minimum absolute atomic E-state index is 0.265. The van der Waals surface area contributed by atoms with E-state index in [0.717, 1.165) is 17.0 Å². The molecule has 0 saturated heterocycles. The van der Waals surface area contributed by atoms with E-state index < -0.39 is 21.8 Å². The summed E-state index contributed by atoms with van der Waals surface area (Å²) in [6.07, 6.45) is 2.36. The number of hydrogen-bond acceptors (Lipinski definition) is 4. The molecule has 9 heteroatoms. The van der Waals surface area contributed by atoms with Gasteiger partial charge in [-0.2, -0.15) is 0 Å². The van der Waals surface area contributed by atoms with Crippen LogP contribution < -0.4 is 4.31 Å². The van der Waals surface area contributed by atoms with Gasteiger partial charge in [-0.05, 0) is 42.8 Å². The zero-order valence-corrected chi connectivity index (χ0v) is 16.3. The third-order valence-electron chi connectivity index (χ3n) is 4.22. The molecule has 0 saturated carbocycles. The first-order chi connectivity index (χ1) is 13.2. The normalized spacial score (nSPS) is 11.7. The fourth-order valence-electron chi connectivity index (χ4n) is 3.16. The number of hydrogen-bond donors (Lipinski definition) is 1. The maximum Gasteiger partial charge on any atom is 0.323 e. The van der Waals surface area contributed by atoms with Crippen molar-refractivity contribution in [1.82, 2.24) is 9.55 Å². The summed E-state index contributed by atoms with van der Waals surface area (Å²) in [5.41, 5.74) is 1.45. The van der Waals surface area contributed by atoms with Gasteiger partial charge in [-0.15, -0.1) is 0 Å². The minimum Gasteiger partial charge on any atom is -0.480 e. The first-order valence-electron chi connectivity index (χ1n) is 8.68. The second kappa shape index (κ2) is 7.59. The molecule has 0 amide bonds. The Morgan fingerprint density at radius 2 is 1.89 bits per heavy atom. The van der Waals surface area contributed by atoms with Crippen LogP contribution in [-0.2, 0) is 27.8 Å². The molecule has 0 aliphatic carbocycles. The average molecular weight is 405 g/mol. The van der Waals surface area contributed by atoms with Crippen molar-refractivity contribution in [2.45, 2.75) is 26.3 Å². The van der Waals surface area contributed by atoms with E-state index in [-0.39, 0.29) is 17.9 Å². The Morgan fingerprint density at radius 3 is 2.46 bits per heavy atom. The first kappa shape index (κ1) is 19.8. The number of rotatable bonds is 7. The summed E-state index contributed by atoms with van der Waals surface area (Å²) >= 11 is 0. The summed E-state index contributed by atoms with van der Waals surface area (Å²) in [6.45, 7) is 1.68. The number of aliphatic carboxylic acids is 1. The summed E-state index contributed by atoms with van der Waals surface area (Å²) in [7, 11) is -3.77. The van der Waals surface area contributed by atoms with Gasteiger partial charge in [-0.3, -0.25) is 4.79 Å². The highest BCUT2D eigenvalue weighted by molar-refractivity contribution is 7.92. The van der Waals surface area contributed by atoms with Crippen LogP contribution in [0.1, 0.15) is 19.2 Å². The fourth-order valence-corrected chi connectivity index (χ4v) is 4.17. The number of benzene rings is 2. The van der Waals surface area contributed by atoms with Gasteiger partial charge in [0.05, 0.1) is 23.1 Å². The number of imidazole rings is 1. The third kappa shape index (κ3) is 3.84. The highest BCUT2D eigenvalue weighted by atomic mass is 32.2. The van der Waals surface area contributed by atoms with E-state index in [1.165, 1.54) is 24.3 Å². The van der Waals surface area contributed by atoms with Crippen molar-refractivity contribution in [2.75, 3.05) is 10.6 Å². The summed E-state index contributed by atoms with van der Waals surface area (Å²) in [5, 5.41) is 9.26. The lowest BCUT2D eigenvalue weighted by molar-refractivity contribution is -0.137. The number of sulfonamides is 1. The molecule has 1 N–H and O–H groups in total. The van der Waals surface area contributed by atoms with Gasteiger partial charge in [0.2, 0.25) is 10.0 Å². The molecule has 1 aromatic heterocycles. The van der Waals surface area contributed by atoms with E-state index in [1.807, 2.05) is 6.92 Å². The Morgan fingerprint density at radius 1 is 1.21 bits per heavy atom. The largest absolute Gasteiger partial charge is 0.480 e. The standard InChI is InChI=1S/C19H20FN3O4S/c1-3-5-17-21-19-15(22(17)12-18(24)25)6-4-7-16(19)23(28(2,26)27)14-10-8-13(20)9-11-14/h4,6-11H,3,5,12H2,1-2H3,(H,24,25). The summed E-state index contributed by atoms with van der Waals surface area (Å²) < 4.78 is 41.1. The van der Waals surface area contributed by atoms with Crippen molar-refractivity contribution in [3.8, 4) is 0 Å². The van der Waals surface area contributed by atoms with E-state index in [4.69, 9.17) is 0 Å². The van der Waals surface area contributed by atoms with Crippen LogP contribution >= 0.6 is 0 Å². The van der Waals surface area contributed by atoms with Crippen molar-refractivity contribution in [1.29, 1.82) is 0 Å². The summed E-state index contributed by atoms with van der Waals surface area (Å²) in [6, 6.07) is 10.1. The molecule has 0 spiro atoms. The Bertz CT molecular complexity index is 1120. The molecule has 3 rings (SSSR count). The lowest BCUT2D eigenvalue weighted by Gasteiger charge is -2.22. The van der Waals surface area contributed by atoms with Crippen molar-refractivity contribution < 1.29 is 22.7 Å². The first-order valence-corrected chi connectivity index (χ1v) is 10.5. The van der Waals surface area contributed by atoms with Gasteiger partial charge in [0.15, 0.2) is 0 Å². The molecule has 0 radical (unpaired) electrons.